The van der Waals surface area contributed by atoms with E-state index in [2.05, 4.69) is 5.32 Å². The molecule has 1 rings (SSSR count). The number of hydrogen-bond donors (Lipinski definition) is 1. The van der Waals surface area contributed by atoms with E-state index in [4.69, 9.17) is 9.47 Å². The molecule has 1 aliphatic carbocycles. The fourth-order valence-electron chi connectivity index (χ4n) is 2.51. The molecule has 0 radical (unpaired) electrons. The van der Waals surface area contributed by atoms with Gasteiger partial charge in [0.1, 0.15) is 5.54 Å². The first-order chi connectivity index (χ1) is 8.98. The van der Waals surface area contributed by atoms with Crippen molar-refractivity contribution < 1.29 is 14.3 Å². The lowest BCUT2D eigenvalue weighted by molar-refractivity contribution is -0.149. The van der Waals surface area contributed by atoms with Gasteiger partial charge in [-0.1, -0.05) is 19.3 Å². The molecule has 1 saturated carbocycles. The second-order valence-corrected chi connectivity index (χ2v) is 6.07. The lowest BCUT2D eigenvalue weighted by Gasteiger charge is -2.30. The van der Waals surface area contributed by atoms with Crippen LogP contribution in [0.15, 0.2) is 0 Å². The third kappa shape index (κ3) is 5.49. The van der Waals surface area contributed by atoms with Gasteiger partial charge in [-0.2, -0.15) is 0 Å². The fraction of sp³-hybridized carbons (Fsp3) is 0.933. The van der Waals surface area contributed by atoms with E-state index in [1.807, 2.05) is 20.8 Å². The van der Waals surface area contributed by atoms with Gasteiger partial charge in [0, 0.05) is 19.3 Å². The van der Waals surface area contributed by atoms with Gasteiger partial charge in [0.2, 0.25) is 0 Å². The van der Waals surface area contributed by atoms with Gasteiger partial charge < -0.3 is 9.47 Å². The van der Waals surface area contributed by atoms with Gasteiger partial charge in [0.05, 0.1) is 7.11 Å². The van der Waals surface area contributed by atoms with Gasteiger partial charge >= 0.3 is 5.97 Å². The van der Waals surface area contributed by atoms with E-state index in [9.17, 15) is 4.79 Å². The average molecular weight is 271 g/mol. The minimum Gasteiger partial charge on any atom is -0.468 e. The first kappa shape index (κ1) is 16.4. The van der Waals surface area contributed by atoms with E-state index in [1.54, 1.807) is 0 Å². The summed E-state index contributed by atoms with van der Waals surface area (Å²) in [6.07, 6.45) is 5.90. The fourth-order valence-corrected chi connectivity index (χ4v) is 2.51. The van der Waals surface area contributed by atoms with Gasteiger partial charge in [-0.15, -0.1) is 0 Å². The van der Waals surface area contributed by atoms with Crippen LogP contribution in [0.2, 0.25) is 0 Å². The Morgan fingerprint density at radius 3 is 2.53 bits per heavy atom. The highest BCUT2D eigenvalue weighted by molar-refractivity contribution is 5.80. The number of methoxy groups -OCH3 is 1. The molecule has 1 N–H and O–H groups in total. The van der Waals surface area contributed by atoms with Crippen molar-refractivity contribution >= 4 is 5.97 Å². The number of nitrogens with one attached hydrogen (secondary N) is 1. The van der Waals surface area contributed by atoms with Crippen molar-refractivity contribution in [3.05, 3.63) is 0 Å². The third-order valence-electron chi connectivity index (χ3n) is 3.88. The molecule has 0 aromatic rings. The van der Waals surface area contributed by atoms with Gasteiger partial charge in [-0.3, -0.25) is 10.1 Å². The van der Waals surface area contributed by atoms with Gasteiger partial charge in [0.15, 0.2) is 0 Å². The SMILES string of the molecule is COC(=O)C(C)(CCOCCC1CCC1)NC(C)C. The summed E-state index contributed by atoms with van der Waals surface area (Å²) in [5, 5.41) is 3.27. The minimum absolute atomic E-state index is 0.219. The molecule has 0 bridgehead atoms. The van der Waals surface area contributed by atoms with Crippen LogP contribution in [-0.4, -0.2) is 37.9 Å². The van der Waals surface area contributed by atoms with Crippen molar-refractivity contribution in [1.29, 1.82) is 0 Å². The van der Waals surface area contributed by atoms with Crippen molar-refractivity contribution in [3.8, 4) is 0 Å². The first-order valence-corrected chi connectivity index (χ1v) is 7.42. The molecule has 1 unspecified atom stereocenters. The number of carbonyl (C=O) groups excluding carboxylic acids is 1. The molecule has 4 nitrogen and oxygen atoms in total. The summed E-state index contributed by atoms with van der Waals surface area (Å²) in [7, 11) is 1.43. The number of ether oxygens (including phenoxy) is 2. The summed E-state index contributed by atoms with van der Waals surface area (Å²) in [5.74, 6) is 0.657. The van der Waals surface area contributed by atoms with Crippen LogP contribution >= 0.6 is 0 Å². The molecule has 0 amide bonds. The highest BCUT2D eigenvalue weighted by Crippen LogP contribution is 2.29. The predicted octanol–water partition coefficient (Wildman–Crippen LogP) is 2.51. The number of esters is 1. The van der Waals surface area contributed by atoms with Crippen molar-refractivity contribution in [3.63, 3.8) is 0 Å². The highest BCUT2D eigenvalue weighted by atomic mass is 16.5. The second kappa shape index (κ2) is 7.85. The smallest absolute Gasteiger partial charge is 0.325 e. The molecule has 1 atom stereocenters. The highest BCUT2D eigenvalue weighted by Gasteiger charge is 2.34. The number of carbonyl (C=O) groups is 1. The van der Waals surface area contributed by atoms with Crippen LogP contribution in [0.4, 0.5) is 0 Å². The van der Waals surface area contributed by atoms with Gasteiger partial charge in [-0.25, -0.2) is 0 Å². The Labute approximate surface area is 117 Å². The van der Waals surface area contributed by atoms with Gasteiger partial charge in [0.25, 0.3) is 0 Å². The van der Waals surface area contributed by atoms with E-state index >= 15 is 0 Å². The maximum Gasteiger partial charge on any atom is 0.325 e. The van der Waals surface area contributed by atoms with E-state index in [0.717, 1.165) is 18.9 Å². The standard InChI is InChI=1S/C15H29NO3/c1-12(2)16-15(3,14(17)18-4)9-11-19-10-8-13-6-5-7-13/h12-13,16H,5-11H2,1-4H3. The van der Waals surface area contributed by atoms with E-state index < -0.39 is 5.54 Å². The average Bonchev–Trinajstić information content (AvgIpc) is 2.29. The molecule has 0 saturated heterocycles. The Morgan fingerprint density at radius 2 is 2.05 bits per heavy atom. The molecular formula is C15H29NO3. The molecule has 4 heteroatoms. The number of rotatable bonds is 9. The zero-order chi connectivity index (χ0) is 14.3. The summed E-state index contributed by atoms with van der Waals surface area (Å²) in [4.78, 5) is 11.9. The van der Waals surface area contributed by atoms with Crippen LogP contribution in [0.5, 0.6) is 0 Å². The van der Waals surface area contributed by atoms with E-state index in [-0.39, 0.29) is 12.0 Å². The molecule has 0 aliphatic heterocycles. The zero-order valence-corrected chi connectivity index (χ0v) is 12.8. The summed E-state index contributed by atoms with van der Waals surface area (Å²) >= 11 is 0. The van der Waals surface area contributed by atoms with Crippen LogP contribution in [0.25, 0.3) is 0 Å². The van der Waals surface area contributed by atoms with Gasteiger partial charge in [-0.05, 0) is 39.5 Å². The minimum atomic E-state index is -0.653. The van der Waals surface area contributed by atoms with Crippen LogP contribution in [-0.2, 0) is 14.3 Å². The molecule has 112 valence electrons. The van der Waals surface area contributed by atoms with E-state index in [0.29, 0.717) is 13.0 Å². The van der Waals surface area contributed by atoms with E-state index in [1.165, 1.54) is 26.4 Å². The molecule has 0 aromatic heterocycles. The lowest BCUT2D eigenvalue weighted by Crippen LogP contribution is -2.53. The maximum atomic E-state index is 11.9. The van der Waals surface area contributed by atoms with Crippen molar-refractivity contribution in [1.82, 2.24) is 5.32 Å². The largest absolute Gasteiger partial charge is 0.468 e. The van der Waals surface area contributed by atoms with Crippen LogP contribution in [0, 0.1) is 5.92 Å². The second-order valence-electron chi connectivity index (χ2n) is 6.07. The summed E-state index contributed by atoms with van der Waals surface area (Å²) in [6, 6.07) is 0.235. The summed E-state index contributed by atoms with van der Waals surface area (Å²) in [6.45, 7) is 7.34. The molecule has 0 heterocycles. The summed E-state index contributed by atoms with van der Waals surface area (Å²) < 4.78 is 10.5. The zero-order valence-electron chi connectivity index (χ0n) is 12.8. The molecule has 19 heavy (non-hydrogen) atoms. The topological polar surface area (TPSA) is 47.6 Å². The third-order valence-corrected chi connectivity index (χ3v) is 3.88. The van der Waals surface area contributed by atoms with Crippen molar-refractivity contribution in [2.75, 3.05) is 20.3 Å². The Bertz CT molecular complexity index is 277. The quantitative estimate of drug-likeness (QED) is 0.517. The Hall–Kier alpha value is -0.610. The lowest BCUT2D eigenvalue weighted by atomic mass is 9.83. The van der Waals surface area contributed by atoms with Crippen LogP contribution < -0.4 is 5.32 Å². The van der Waals surface area contributed by atoms with Crippen LogP contribution in [0.1, 0.15) is 52.9 Å². The predicted molar refractivity (Wildman–Crippen MR) is 76.1 cm³/mol. The summed E-state index contributed by atoms with van der Waals surface area (Å²) in [5.41, 5.74) is -0.653. The monoisotopic (exact) mass is 271 g/mol. The van der Waals surface area contributed by atoms with Crippen molar-refractivity contribution in [2.24, 2.45) is 5.92 Å². The molecule has 1 aliphatic rings. The molecule has 1 fully saturated rings. The number of hydrogen-bond acceptors (Lipinski definition) is 4. The van der Waals surface area contributed by atoms with Crippen molar-refractivity contribution in [2.45, 2.75) is 64.5 Å². The van der Waals surface area contributed by atoms with Crippen LogP contribution in [0.3, 0.4) is 0 Å². The maximum absolute atomic E-state index is 11.9. The first-order valence-electron chi connectivity index (χ1n) is 7.42. The molecular weight excluding hydrogens is 242 g/mol. The Balaban J connectivity index is 2.25. The molecule has 0 spiro atoms. The molecule has 0 aromatic carbocycles. The Morgan fingerprint density at radius 1 is 1.37 bits per heavy atom. The Kier molecular flexibility index (Phi) is 6.80. The normalized spacial score (nSPS) is 19.0.